The van der Waals surface area contributed by atoms with E-state index < -0.39 is 0 Å². The minimum absolute atomic E-state index is 0.182. The molecule has 0 unspecified atom stereocenters. The fraction of sp³-hybridized carbons (Fsp3) is 0.647. The lowest BCUT2D eigenvalue weighted by Gasteiger charge is -2.24. The molecule has 6 nitrogen and oxygen atoms in total. The van der Waals surface area contributed by atoms with E-state index in [9.17, 15) is 9.59 Å². The highest BCUT2D eigenvalue weighted by Gasteiger charge is 2.19. The molecule has 0 atom stereocenters. The van der Waals surface area contributed by atoms with Crippen molar-refractivity contribution in [2.45, 2.75) is 33.6 Å². The number of hydrogen-bond acceptors (Lipinski definition) is 5. The zero-order chi connectivity index (χ0) is 17.1. The van der Waals surface area contributed by atoms with Gasteiger partial charge in [0.05, 0.1) is 19.3 Å². The van der Waals surface area contributed by atoms with Crippen LogP contribution in [-0.4, -0.2) is 61.0 Å². The van der Waals surface area contributed by atoms with E-state index in [4.69, 9.17) is 9.15 Å². The van der Waals surface area contributed by atoms with Crippen molar-refractivity contribution < 1.29 is 18.7 Å². The molecule has 0 saturated heterocycles. The summed E-state index contributed by atoms with van der Waals surface area (Å²) in [5.74, 6) is -0.163. The van der Waals surface area contributed by atoms with Crippen molar-refractivity contribution in [2.75, 3.05) is 39.3 Å². The van der Waals surface area contributed by atoms with Gasteiger partial charge < -0.3 is 19.0 Å². The van der Waals surface area contributed by atoms with Crippen molar-refractivity contribution in [1.29, 1.82) is 0 Å². The fourth-order valence-electron chi connectivity index (χ4n) is 2.36. The molecular formula is C17H28N2O4. The maximum atomic E-state index is 12.5. The molecule has 6 heteroatoms. The molecule has 23 heavy (non-hydrogen) atoms. The van der Waals surface area contributed by atoms with Crippen molar-refractivity contribution in [1.82, 2.24) is 9.80 Å². The summed E-state index contributed by atoms with van der Waals surface area (Å²) < 4.78 is 10.1. The van der Waals surface area contributed by atoms with Crippen LogP contribution in [0.3, 0.4) is 0 Å². The van der Waals surface area contributed by atoms with Crippen LogP contribution in [0.2, 0.25) is 0 Å². The van der Waals surface area contributed by atoms with Gasteiger partial charge in [-0.1, -0.05) is 13.8 Å². The van der Waals surface area contributed by atoms with E-state index in [1.54, 1.807) is 24.0 Å². The van der Waals surface area contributed by atoms with E-state index >= 15 is 0 Å². The highest BCUT2D eigenvalue weighted by molar-refractivity contribution is 5.91. The van der Waals surface area contributed by atoms with Gasteiger partial charge in [0, 0.05) is 13.1 Å². The molecule has 0 aliphatic rings. The normalized spacial score (nSPS) is 10.8. The summed E-state index contributed by atoms with van der Waals surface area (Å²) in [6, 6.07) is 3.33. The van der Waals surface area contributed by atoms with Crippen LogP contribution >= 0.6 is 0 Å². The summed E-state index contributed by atoms with van der Waals surface area (Å²) in [4.78, 5) is 28.0. The van der Waals surface area contributed by atoms with Crippen LogP contribution in [0.15, 0.2) is 22.8 Å². The Morgan fingerprint density at radius 2 is 1.87 bits per heavy atom. The number of carbonyl (C=O) groups is 2. The molecule has 0 aliphatic carbocycles. The molecule has 0 bridgehead atoms. The number of rotatable bonds is 11. The maximum absolute atomic E-state index is 12.5. The quantitative estimate of drug-likeness (QED) is 0.585. The third-order valence-electron chi connectivity index (χ3n) is 3.71. The van der Waals surface area contributed by atoms with Gasteiger partial charge in [-0.2, -0.15) is 0 Å². The number of ether oxygens (including phenoxy) is 1. The van der Waals surface area contributed by atoms with Gasteiger partial charge in [-0.15, -0.1) is 0 Å². The molecular weight excluding hydrogens is 296 g/mol. The lowest BCUT2D eigenvalue weighted by atomic mass is 10.2. The molecule has 1 amide bonds. The molecule has 1 heterocycles. The van der Waals surface area contributed by atoms with Crippen LogP contribution in [0.1, 0.15) is 44.2 Å². The van der Waals surface area contributed by atoms with E-state index in [-0.39, 0.29) is 18.3 Å². The standard InChI is InChI=1S/C17H28N2O4/c1-4-18(5-2)11-8-12-19(13-10-16(20)22-6-3)17(21)15-9-7-14-23-15/h7,9,14H,4-6,8,10-13H2,1-3H3. The van der Waals surface area contributed by atoms with E-state index in [1.165, 1.54) is 6.26 Å². The molecule has 130 valence electrons. The number of carbonyl (C=O) groups excluding carboxylic acids is 2. The topological polar surface area (TPSA) is 63.0 Å². The third kappa shape index (κ3) is 6.86. The van der Waals surface area contributed by atoms with Crippen LogP contribution < -0.4 is 0 Å². The van der Waals surface area contributed by atoms with Gasteiger partial charge in [0.1, 0.15) is 0 Å². The van der Waals surface area contributed by atoms with Gasteiger partial charge in [-0.25, -0.2) is 0 Å². The summed E-state index contributed by atoms with van der Waals surface area (Å²) in [5, 5.41) is 0. The Balaban J connectivity index is 2.57. The number of nitrogens with zero attached hydrogens (tertiary/aromatic N) is 2. The Morgan fingerprint density at radius 1 is 1.13 bits per heavy atom. The zero-order valence-electron chi connectivity index (χ0n) is 14.4. The largest absolute Gasteiger partial charge is 0.466 e. The second kappa shape index (κ2) is 10.8. The van der Waals surface area contributed by atoms with E-state index in [0.717, 1.165) is 26.1 Å². The summed E-state index contributed by atoms with van der Waals surface area (Å²) in [6.07, 6.45) is 2.54. The molecule has 1 rings (SSSR count). The summed E-state index contributed by atoms with van der Waals surface area (Å²) in [6.45, 7) is 10.2. The Hall–Kier alpha value is -1.82. The first-order chi connectivity index (χ1) is 11.1. The molecule has 0 aliphatic heterocycles. The van der Waals surface area contributed by atoms with Crippen molar-refractivity contribution in [3.05, 3.63) is 24.2 Å². The Morgan fingerprint density at radius 3 is 2.43 bits per heavy atom. The predicted octanol–water partition coefficient (Wildman–Crippen LogP) is 2.41. The van der Waals surface area contributed by atoms with Crippen LogP contribution in [0.5, 0.6) is 0 Å². The summed E-state index contributed by atoms with van der Waals surface area (Å²) in [7, 11) is 0. The van der Waals surface area contributed by atoms with Gasteiger partial charge in [0.2, 0.25) is 0 Å². The molecule has 0 radical (unpaired) electrons. The molecule has 0 spiro atoms. The van der Waals surface area contributed by atoms with E-state index in [0.29, 0.717) is 25.5 Å². The minimum atomic E-state index is -0.284. The van der Waals surface area contributed by atoms with Crippen molar-refractivity contribution in [3.8, 4) is 0 Å². The average Bonchev–Trinajstić information content (AvgIpc) is 3.08. The highest BCUT2D eigenvalue weighted by atomic mass is 16.5. The highest BCUT2D eigenvalue weighted by Crippen LogP contribution is 2.08. The zero-order valence-corrected chi connectivity index (χ0v) is 14.4. The third-order valence-corrected chi connectivity index (χ3v) is 3.71. The van der Waals surface area contributed by atoms with E-state index in [2.05, 4.69) is 18.7 Å². The fourth-order valence-corrected chi connectivity index (χ4v) is 2.36. The average molecular weight is 324 g/mol. The molecule has 1 aromatic rings. The Kier molecular flexibility index (Phi) is 9.05. The number of hydrogen-bond donors (Lipinski definition) is 0. The maximum Gasteiger partial charge on any atom is 0.307 e. The Bertz CT molecular complexity index is 455. The monoisotopic (exact) mass is 324 g/mol. The van der Waals surface area contributed by atoms with Gasteiger partial charge in [0.25, 0.3) is 5.91 Å². The summed E-state index contributed by atoms with van der Waals surface area (Å²) in [5.41, 5.74) is 0. The first-order valence-corrected chi connectivity index (χ1v) is 8.33. The minimum Gasteiger partial charge on any atom is -0.466 e. The van der Waals surface area contributed by atoms with Gasteiger partial charge >= 0.3 is 5.97 Å². The molecule has 0 N–H and O–H groups in total. The lowest BCUT2D eigenvalue weighted by Crippen LogP contribution is -2.36. The number of amides is 1. The number of esters is 1. The first-order valence-electron chi connectivity index (χ1n) is 8.33. The molecule has 0 fully saturated rings. The first kappa shape index (κ1) is 19.2. The van der Waals surface area contributed by atoms with Crippen LogP contribution in [0, 0.1) is 0 Å². The molecule has 0 aromatic carbocycles. The smallest absolute Gasteiger partial charge is 0.307 e. The lowest BCUT2D eigenvalue weighted by molar-refractivity contribution is -0.143. The van der Waals surface area contributed by atoms with E-state index in [1.807, 2.05) is 0 Å². The van der Waals surface area contributed by atoms with Crippen molar-refractivity contribution in [2.24, 2.45) is 0 Å². The van der Waals surface area contributed by atoms with Crippen LogP contribution in [0.25, 0.3) is 0 Å². The molecule has 0 saturated carbocycles. The van der Waals surface area contributed by atoms with Crippen molar-refractivity contribution >= 4 is 11.9 Å². The van der Waals surface area contributed by atoms with Crippen LogP contribution in [0.4, 0.5) is 0 Å². The SMILES string of the molecule is CCOC(=O)CCN(CCCN(CC)CC)C(=O)c1ccco1. The van der Waals surface area contributed by atoms with Gasteiger partial charge in [-0.05, 0) is 45.1 Å². The second-order valence-electron chi connectivity index (χ2n) is 5.20. The Labute approximate surface area is 138 Å². The van der Waals surface area contributed by atoms with Crippen LogP contribution in [-0.2, 0) is 9.53 Å². The second-order valence-corrected chi connectivity index (χ2v) is 5.20. The summed E-state index contributed by atoms with van der Waals surface area (Å²) >= 11 is 0. The molecule has 1 aromatic heterocycles. The van der Waals surface area contributed by atoms with Crippen molar-refractivity contribution in [3.63, 3.8) is 0 Å². The number of furan rings is 1. The van der Waals surface area contributed by atoms with Gasteiger partial charge in [0.15, 0.2) is 5.76 Å². The van der Waals surface area contributed by atoms with Gasteiger partial charge in [-0.3, -0.25) is 9.59 Å². The predicted molar refractivity (Wildman–Crippen MR) is 88.3 cm³/mol.